The molecule has 22 heavy (non-hydrogen) atoms. The Morgan fingerprint density at radius 2 is 2.14 bits per heavy atom. The van der Waals surface area contributed by atoms with E-state index in [1.54, 1.807) is 49.6 Å². The molecule has 6 nitrogen and oxygen atoms in total. The van der Waals surface area contributed by atoms with Crippen LogP contribution in [0.5, 0.6) is 5.75 Å². The van der Waals surface area contributed by atoms with Gasteiger partial charge in [0.25, 0.3) is 5.91 Å². The van der Waals surface area contributed by atoms with Gasteiger partial charge in [-0.05, 0) is 31.2 Å². The average molecular weight is 297 g/mol. The number of amides is 2. The molecule has 1 N–H and O–H groups in total. The SMILES string of the molecule is CC1Oc2ccccc2N(CC(=O)Nc2cccnc2)C1=O. The van der Waals surface area contributed by atoms with Gasteiger partial charge in [-0.1, -0.05) is 12.1 Å². The molecule has 1 aromatic carbocycles. The van der Waals surface area contributed by atoms with Crippen LogP contribution in [-0.2, 0) is 9.59 Å². The molecule has 0 radical (unpaired) electrons. The predicted octanol–water partition coefficient (Wildman–Crippen LogP) is 1.83. The van der Waals surface area contributed by atoms with Crippen molar-refractivity contribution in [1.29, 1.82) is 0 Å². The quantitative estimate of drug-likeness (QED) is 0.938. The summed E-state index contributed by atoms with van der Waals surface area (Å²) in [5, 5.41) is 2.72. The molecule has 6 heteroatoms. The molecule has 1 unspecified atom stereocenters. The van der Waals surface area contributed by atoms with Crippen LogP contribution in [0.15, 0.2) is 48.8 Å². The molecule has 2 amide bonds. The van der Waals surface area contributed by atoms with Gasteiger partial charge in [0.05, 0.1) is 17.6 Å². The largest absolute Gasteiger partial charge is 0.479 e. The predicted molar refractivity (Wildman–Crippen MR) is 81.8 cm³/mol. The number of hydrogen-bond donors (Lipinski definition) is 1. The van der Waals surface area contributed by atoms with E-state index in [1.165, 1.54) is 4.90 Å². The lowest BCUT2D eigenvalue weighted by molar-refractivity contribution is -0.127. The number of rotatable bonds is 3. The van der Waals surface area contributed by atoms with Crippen molar-refractivity contribution in [3.8, 4) is 5.75 Å². The molecular formula is C16H15N3O3. The Morgan fingerprint density at radius 3 is 2.91 bits per heavy atom. The van der Waals surface area contributed by atoms with E-state index in [0.29, 0.717) is 17.1 Å². The minimum absolute atomic E-state index is 0.0710. The van der Waals surface area contributed by atoms with Gasteiger partial charge in [0, 0.05) is 6.20 Å². The summed E-state index contributed by atoms with van der Waals surface area (Å²) in [4.78, 5) is 29.8. The number of nitrogens with one attached hydrogen (secondary N) is 1. The van der Waals surface area contributed by atoms with E-state index >= 15 is 0 Å². The molecular weight excluding hydrogens is 282 g/mol. The lowest BCUT2D eigenvalue weighted by Crippen LogP contribution is -2.47. The van der Waals surface area contributed by atoms with E-state index in [1.807, 2.05) is 6.07 Å². The summed E-state index contributed by atoms with van der Waals surface area (Å²) in [5.74, 6) is 0.0778. The first-order valence-corrected chi connectivity index (χ1v) is 6.92. The summed E-state index contributed by atoms with van der Waals surface area (Å²) in [6.45, 7) is 1.60. The summed E-state index contributed by atoms with van der Waals surface area (Å²) < 4.78 is 5.54. The maximum atomic E-state index is 12.3. The van der Waals surface area contributed by atoms with Crippen molar-refractivity contribution in [3.05, 3.63) is 48.8 Å². The van der Waals surface area contributed by atoms with E-state index in [9.17, 15) is 9.59 Å². The monoisotopic (exact) mass is 297 g/mol. The van der Waals surface area contributed by atoms with Gasteiger partial charge in [0.15, 0.2) is 6.10 Å². The van der Waals surface area contributed by atoms with Crippen molar-refractivity contribution < 1.29 is 14.3 Å². The van der Waals surface area contributed by atoms with Crippen molar-refractivity contribution in [2.24, 2.45) is 0 Å². The standard InChI is InChI=1S/C16H15N3O3/c1-11-16(21)19(13-6-2-3-7-14(13)22-11)10-15(20)18-12-5-4-8-17-9-12/h2-9,11H,10H2,1H3,(H,18,20). The third kappa shape index (κ3) is 2.76. The van der Waals surface area contributed by atoms with Crippen LogP contribution in [0.4, 0.5) is 11.4 Å². The summed E-state index contributed by atoms with van der Waals surface area (Å²) in [7, 11) is 0. The number of para-hydroxylation sites is 2. The lowest BCUT2D eigenvalue weighted by atomic mass is 10.2. The van der Waals surface area contributed by atoms with Crippen LogP contribution in [0.25, 0.3) is 0 Å². The highest BCUT2D eigenvalue weighted by Crippen LogP contribution is 2.33. The van der Waals surface area contributed by atoms with Crippen molar-refractivity contribution in [2.45, 2.75) is 13.0 Å². The number of ether oxygens (including phenoxy) is 1. The second-order valence-electron chi connectivity index (χ2n) is 4.94. The zero-order valence-corrected chi connectivity index (χ0v) is 12.0. The van der Waals surface area contributed by atoms with E-state index in [-0.39, 0.29) is 18.4 Å². The minimum atomic E-state index is -0.610. The van der Waals surface area contributed by atoms with E-state index in [4.69, 9.17) is 4.74 Å². The number of benzene rings is 1. The Hall–Kier alpha value is -2.89. The Kier molecular flexibility index (Phi) is 3.74. The Balaban J connectivity index is 1.79. The summed E-state index contributed by atoms with van der Waals surface area (Å²) in [6.07, 6.45) is 2.57. The Morgan fingerprint density at radius 1 is 1.32 bits per heavy atom. The van der Waals surface area contributed by atoms with Gasteiger partial charge in [-0.15, -0.1) is 0 Å². The van der Waals surface area contributed by atoms with Gasteiger partial charge in [0.1, 0.15) is 12.3 Å². The van der Waals surface area contributed by atoms with Crippen LogP contribution in [0, 0.1) is 0 Å². The third-order valence-electron chi connectivity index (χ3n) is 3.32. The maximum absolute atomic E-state index is 12.3. The number of carbonyl (C=O) groups excluding carboxylic acids is 2. The molecule has 0 saturated carbocycles. The van der Waals surface area contributed by atoms with Gasteiger partial charge in [-0.25, -0.2) is 0 Å². The van der Waals surface area contributed by atoms with Crippen molar-refractivity contribution in [1.82, 2.24) is 4.98 Å². The molecule has 0 saturated heterocycles. The fraction of sp³-hybridized carbons (Fsp3) is 0.188. The molecule has 1 aromatic heterocycles. The zero-order chi connectivity index (χ0) is 15.5. The van der Waals surface area contributed by atoms with Gasteiger partial charge < -0.3 is 10.1 Å². The molecule has 2 heterocycles. The second kappa shape index (κ2) is 5.85. The van der Waals surface area contributed by atoms with Crippen LogP contribution in [0.1, 0.15) is 6.92 Å². The molecule has 0 spiro atoms. The van der Waals surface area contributed by atoms with Gasteiger partial charge in [-0.3, -0.25) is 19.5 Å². The fourth-order valence-corrected chi connectivity index (χ4v) is 2.30. The molecule has 0 aliphatic carbocycles. The number of hydrogen-bond acceptors (Lipinski definition) is 4. The average Bonchev–Trinajstić information content (AvgIpc) is 2.53. The fourth-order valence-electron chi connectivity index (χ4n) is 2.30. The number of aromatic nitrogens is 1. The first-order valence-electron chi connectivity index (χ1n) is 6.92. The minimum Gasteiger partial charge on any atom is -0.479 e. The van der Waals surface area contributed by atoms with Crippen LogP contribution in [0.3, 0.4) is 0 Å². The van der Waals surface area contributed by atoms with Gasteiger partial charge in [0.2, 0.25) is 5.91 Å². The number of anilines is 2. The normalized spacial score (nSPS) is 16.7. The first kappa shape index (κ1) is 14.1. The number of fused-ring (bicyclic) bond motifs is 1. The lowest BCUT2D eigenvalue weighted by Gasteiger charge is -2.32. The molecule has 3 rings (SSSR count). The van der Waals surface area contributed by atoms with E-state index in [2.05, 4.69) is 10.3 Å². The zero-order valence-electron chi connectivity index (χ0n) is 12.0. The topological polar surface area (TPSA) is 71.5 Å². The molecule has 2 aromatic rings. The maximum Gasteiger partial charge on any atom is 0.268 e. The number of carbonyl (C=O) groups is 2. The highest BCUT2D eigenvalue weighted by atomic mass is 16.5. The summed E-state index contributed by atoms with van der Waals surface area (Å²) >= 11 is 0. The molecule has 112 valence electrons. The van der Waals surface area contributed by atoms with E-state index in [0.717, 1.165) is 0 Å². The Labute approximate surface area is 127 Å². The molecule has 1 aliphatic rings. The molecule has 0 fully saturated rings. The Bertz CT molecular complexity index is 703. The first-order chi connectivity index (χ1) is 10.6. The highest BCUT2D eigenvalue weighted by Gasteiger charge is 2.32. The second-order valence-corrected chi connectivity index (χ2v) is 4.94. The molecule has 1 aliphatic heterocycles. The summed E-state index contributed by atoms with van der Waals surface area (Å²) in [6, 6.07) is 10.6. The summed E-state index contributed by atoms with van der Waals surface area (Å²) in [5.41, 5.74) is 1.20. The van der Waals surface area contributed by atoms with E-state index < -0.39 is 6.10 Å². The van der Waals surface area contributed by atoms with Crippen molar-refractivity contribution in [2.75, 3.05) is 16.8 Å². The van der Waals surface area contributed by atoms with Crippen LogP contribution in [0.2, 0.25) is 0 Å². The van der Waals surface area contributed by atoms with Gasteiger partial charge >= 0.3 is 0 Å². The number of pyridine rings is 1. The number of nitrogens with zero attached hydrogens (tertiary/aromatic N) is 2. The van der Waals surface area contributed by atoms with Crippen LogP contribution in [-0.4, -0.2) is 29.4 Å². The third-order valence-corrected chi connectivity index (χ3v) is 3.32. The highest BCUT2D eigenvalue weighted by molar-refractivity contribution is 6.06. The molecule has 1 atom stereocenters. The van der Waals surface area contributed by atoms with Crippen molar-refractivity contribution in [3.63, 3.8) is 0 Å². The van der Waals surface area contributed by atoms with Crippen LogP contribution < -0.4 is 15.0 Å². The smallest absolute Gasteiger partial charge is 0.268 e. The molecule has 0 bridgehead atoms. The van der Waals surface area contributed by atoms with Gasteiger partial charge in [-0.2, -0.15) is 0 Å². The van der Waals surface area contributed by atoms with Crippen LogP contribution >= 0.6 is 0 Å². The van der Waals surface area contributed by atoms with Crippen molar-refractivity contribution >= 4 is 23.2 Å².